The van der Waals surface area contributed by atoms with Gasteiger partial charge in [0.15, 0.2) is 0 Å². The number of primary amides is 1. The van der Waals surface area contributed by atoms with E-state index >= 15 is 0 Å². The van der Waals surface area contributed by atoms with Gasteiger partial charge in [-0.05, 0) is 44.1 Å². The van der Waals surface area contributed by atoms with Gasteiger partial charge in [-0.1, -0.05) is 12.8 Å². The SMILES string of the molecule is NC(=O)CN1CCCC(C(=O)N2CCC3(CCCC3)C2)C1. The highest BCUT2D eigenvalue weighted by Crippen LogP contribution is 2.45. The molecule has 0 aromatic heterocycles. The molecule has 118 valence electrons. The van der Waals surface area contributed by atoms with Gasteiger partial charge in [-0.3, -0.25) is 14.5 Å². The first-order valence-corrected chi connectivity index (χ1v) is 8.37. The smallest absolute Gasteiger partial charge is 0.231 e. The first-order valence-electron chi connectivity index (χ1n) is 8.37. The molecule has 1 atom stereocenters. The van der Waals surface area contributed by atoms with Crippen LogP contribution in [0.1, 0.15) is 44.9 Å². The normalized spacial score (nSPS) is 29.1. The quantitative estimate of drug-likeness (QED) is 0.843. The fraction of sp³-hybridized carbons (Fsp3) is 0.875. The van der Waals surface area contributed by atoms with E-state index in [9.17, 15) is 9.59 Å². The van der Waals surface area contributed by atoms with Crippen LogP contribution in [0.4, 0.5) is 0 Å². The Hall–Kier alpha value is -1.10. The third kappa shape index (κ3) is 3.23. The molecule has 5 nitrogen and oxygen atoms in total. The Bertz CT molecular complexity index is 418. The lowest BCUT2D eigenvalue weighted by molar-refractivity contribution is -0.137. The molecule has 5 heteroatoms. The molecular weight excluding hydrogens is 266 g/mol. The number of carbonyl (C=O) groups is 2. The summed E-state index contributed by atoms with van der Waals surface area (Å²) in [6, 6.07) is 0. The van der Waals surface area contributed by atoms with Crippen LogP contribution < -0.4 is 5.73 Å². The summed E-state index contributed by atoms with van der Waals surface area (Å²) < 4.78 is 0. The van der Waals surface area contributed by atoms with Crippen molar-refractivity contribution in [2.24, 2.45) is 17.1 Å². The summed E-state index contributed by atoms with van der Waals surface area (Å²) in [7, 11) is 0. The second-order valence-corrected chi connectivity index (χ2v) is 7.26. The second-order valence-electron chi connectivity index (χ2n) is 7.26. The highest BCUT2D eigenvalue weighted by atomic mass is 16.2. The maximum atomic E-state index is 12.8. The maximum Gasteiger partial charge on any atom is 0.231 e. The number of rotatable bonds is 3. The minimum Gasteiger partial charge on any atom is -0.369 e. The molecule has 3 rings (SSSR count). The van der Waals surface area contributed by atoms with Crippen LogP contribution in [0.15, 0.2) is 0 Å². The molecule has 1 spiro atoms. The van der Waals surface area contributed by atoms with Crippen molar-refractivity contribution in [2.45, 2.75) is 44.9 Å². The van der Waals surface area contributed by atoms with E-state index in [0.717, 1.165) is 32.5 Å². The average molecular weight is 293 g/mol. The molecule has 3 fully saturated rings. The van der Waals surface area contributed by atoms with Crippen LogP contribution in [0, 0.1) is 11.3 Å². The summed E-state index contributed by atoms with van der Waals surface area (Å²) in [4.78, 5) is 27.9. The van der Waals surface area contributed by atoms with E-state index in [1.165, 1.54) is 32.1 Å². The van der Waals surface area contributed by atoms with Gasteiger partial charge in [-0.2, -0.15) is 0 Å². The number of piperidine rings is 1. The molecule has 2 N–H and O–H groups in total. The summed E-state index contributed by atoms with van der Waals surface area (Å²) in [6.07, 6.45) is 8.40. The highest BCUT2D eigenvalue weighted by Gasteiger charge is 2.43. The Morgan fingerprint density at radius 1 is 1.10 bits per heavy atom. The van der Waals surface area contributed by atoms with Gasteiger partial charge in [0.25, 0.3) is 0 Å². The summed E-state index contributed by atoms with van der Waals surface area (Å²) in [5.41, 5.74) is 5.71. The van der Waals surface area contributed by atoms with Crippen molar-refractivity contribution in [1.29, 1.82) is 0 Å². The van der Waals surface area contributed by atoms with Crippen molar-refractivity contribution in [3.8, 4) is 0 Å². The molecule has 2 aliphatic heterocycles. The van der Waals surface area contributed by atoms with Crippen molar-refractivity contribution < 1.29 is 9.59 Å². The fourth-order valence-corrected chi connectivity index (χ4v) is 4.54. The zero-order valence-electron chi connectivity index (χ0n) is 12.9. The van der Waals surface area contributed by atoms with Crippen molar-refractivity contribution >= 4 is 11.8 Å². The highest BCUT2D eigenvalue weighted by molar-refractivity contribution is 5.80. The van der Waals surface area contributed by atoms with E-state index in [1.807, 2.05) is 4.90 Å². The summed E-state index contributed by atoms with van der Waals surface area (Å²) in [6.45, 7) is 3.78. The molecule has 3 aliphatic rings. The van der Waals surface area contributed by atoms with Crippen molar-refractivity contribution in [3.63, 3.8) is 0 Å². The Kier molecular flexibility index (Phi) is 4.20. The van der Waals surface area contributed by atoms with Crippen molar-refractivity contribution in [3.05, 3.63) is 0 Å². The Labute approximate surface area is 126 Å². The Morgan fingerprint density at radius 3 is 2.57 bits per heavy atom. The van der Waals surface area contributed by atoms with E-state index in [4.69, 9.17) is 5.73 Å². The second kappa shape index (κ2) is 5.95. The predicted octanol–water partition coefficient (Wildman–Crippen LogP) is 0.976. The number of carbonyl (C=O) groups excluding carboxylic acids is 2. The first-order chi connectivity index (χ1) is 10.1. The van der Waals surface area contributed by atoms with E-state index < -0.39 is 0 Å². The van der Waals surface area contributed by atoms with Crippen LogP contribution in [0.3, 0.4) is 0 Å². The zero-order valence-corrected chi connectivity index (χ0v) is 12.9. The lowest BCUT2D eigenvalue weighted by atomic mass is 9.85. The summed E-state index contributed by atoms with van der Waals surface area (Å²) in [5, 5.41) is 0. The molecule has 0 radical (unpaired) electrons. The fourth-order valence-electron chi connectivity index (χ4n) is 4.54. The van der Waals surface area contributed by atoms with Gasteiger partial charge < -0.3 is 10.6 Å². The molecule has 1 saturated carbocycles. The van der Waals surface area contributed by atoms with Crippen LogP contribution in [-0.4, -0.2) is 54.3 Å². The van der Waals surface area contributed by atoms with Gasteiger partial charge >= 0.3 is 0 Å². The van der Waals surface area contributed by atoms with E-state index in [-0.39, 0.29) is 18.4 Å². The largest absolute Gasteiger partial charge is 0.369 e. The molecule has 0 bridgehead atoms. The van der Waals surface area contributed by atoms with Crippen molar-refractivity contribution in [1.82, 2.24) is 9.80 Å². The van der Waals surface area contributed by atoms with Crippen LogP contribution in [0.2, 0.25) is 0 Å². The third-order valence-corrected chi connectivity index (χ3v) is 5.65. The first kappa shape index (κ1) is 14.8. The Morgan fingerprint density at radius 2 is 1.86 bits per heavy atom. The van der Waals surface area contributed by atoms with Crippen LogP contribution in [0.25, 0.3) is 0 Å². The molecule has 0 aromatic rings. The molecule has 2 heterocycles. The molecule has 2 amide bonds. The lowest BCUT2D eigenvalue weighted by Crippen LogP contribution is -2.46. The van der Waals surface area contributed by atoms with Gasteiger partial charge in [-0.25, -0.2) is 0 Å². The van der Waals surface area contributed by atoms with Gasteiger partial charge in [0, 0.05) is 19.6 Å². The topological polar surface area (TPSA) is 66.6 Å². The van der Waals surface area contributed by atoms with Gasteiger partial charge in [-0.15, -0.1) is 0 Å². The number of amides is 2. The van der Waals surface area contributed by atoms with Crippen LogP contribution in [-0.2, 0) is 9.59 Å². The van der Waals surface area contributed by atoms with Gasteiger partial charge in [0.1, 0.15) is 0 Å². The number of nitrogens with two attached hydrogens (primary N) is 1. The third-order valence-electron chi connectivity index (χ3n) is 5.65. The molecule has 21 heavy (non-hydrogen) atoms. The zero-order chi connectivity index (χ0) is 14.9. The van der Waals surface area contributed by atoms with E-state index in [2.05, 4.69) is 4.90 Å². The molecular formula is C16H27N3O2. The minimum absolute atomic E-state index is 0.0645. The average Bonchev–Trinajstić information content (AvgIpc) is 3.08. The number of hydrogen-bond acceptors (Lipinski definition) is 3. The van der Waals surface area contributed by atoms with Gasteiger partial charge in [0.2, 0.25) is 11.8 Å². The molecule has 1 unspecified atom stereocenters. The Balaban J connectivity index is 1.56. The standard InChI is InChI=1S/C16H27N3O2/c17-14(20)11-18-8-3-4-13(10-18)15(21)19-9-7-16(12-19)5-1-2-6-16/h13H,1-12H2,(H2,17,20). The molecule has 0 aromatic carbocycles. The number of nitrogens with zero attached hydrogens (tertiary/aromatic N) is 2. The molecule has 1 aliphatic carbocycles. The maximum absolute atomic E-state index is 12.8. The van der Waals surface area contributed by atoms with E-state index in [0.29, 0.717) is 17.9 Å². The molecule has 2 saturated heterocycles. The van der Waals surface area contributed by atoms with Gasteiger partial charge in [0.05, 0.1) is 12.5 Å². The number of hydrogen-bond donors (Lipinski definition) is 1. The van der Waals surface area contributed by atoms with Crippen LogP contribution >= 0.6 is 0 Å². The monoisotopic (exact) mass is 293 g/mol. The van der Waals surface area contributed by atoms with Crippen LogP contribution in [0.5, 0.6) is 0 Å². The predicted molar refractivity (Wildman–Crippen MR) is 80.5 cm³/mol. The minimum atomic E-state index is -0.297. The lowest BCUT2D eigenvalue weighted by Gasteiger charge is -2.33. The van der Waals surface area contributed by atoms with E-state index in [1.54, 1.807) is 0 Å². The summed E-state index contributed by atoms with van der Waals surface area (Å²) >= 11 is 0. The number of likely N-dealkylation sites (tertiary alicyclic amines) is 2. The summed E-state index contributed by atoms with van der Waals surface area (Å²) in [5.74, 6) is 0.0804. The van der Waals surface area contributed by atoms with Crippen molar-refractivity contribution in [2.75, 3.05) is 32.7 Å².